The number of amides is 2. The molecule has 1 heterocycles. The third kappa shape index (κ3) is 2.31. The summed E-state index contributed by atoms with van der Waals surface area (Å²) in [5.74, 6) is 0.0843. The molecular weight excluding hydrogens is 240 g/mol. The number of carbonyl (C=O) groups is 2. The van der Waals surface area contributed by atoms with Gasteiger partial charge in [0.1, 0.15) is 0 Å². The van der Waals surface area contributed by atoms with Crippen molar-refractivity contribution in [3.05, 3.63) is 0 Å². The fourth-order valence-corrected chi connectivity index (χ4v) is 4.32. The predicted molar refractivity (Wildman–Crippen MR) is 72.2 cm³/mol. The van der Waals surface area contributed by atoms with E-state index in [1.807, 2.05) is 0 Å². The number of piperidine rings is 1. The van der Waals surface area contributed by atoms with Crippen LogP contribution in [0.4, 0.5) is 0 Å². The van der Waals surface area contributed by atoms with Crippen LogP contribution in [-0.4, -0.2) is 28.8 Å². The van der Waals surface area contributed by atoms with Gasteiger partial charge in [0.2, 0.25) is 11.8 Å². The first-order valence-electron chi connectivity index (χ1n) is 7.72. The molecule has 0 radical (unpaired) electrons. The molecule has 0 bridgehead atoms. The molecule has 4 heteroatoms. The van der Waals surface area contributed by atoms with E-state index in [1.165, 1.54) is 17.7 Å². The fraction of sp³-hybridized carbons (Fsp3) is 0.867. The lowest BCUT2D eigenvalue weighted by atomic mass is 9.75. The Balaban J connectivity index is 1.76. The molecule has 0 unspecified atom stereocenters. The highest BCUT2D eigenvalue weighted by Crippen LogP contribution is 2.47. The van der Waals surface area contributed by atoms with Crippen LogP contribution in [0, 0.1) is 5.41 Å². The summed E-state index contributed by atoms with van der Waals surface area (Å²) in [6.45, 7) is 0. The van der Waals surface area contributed by atoms with Crippen molar-refractivity contribution in [1.82, 2.24) is 4.90 Å². The van der Waals surface area contributed by atoms with Crippen LogP contribution in [0.1, 0.15) is 64.2 Å². The molecule has 106 valence electrons. The van der Waals surface area contributed by atoms with E-state index in [2.05, 4.69) is 0 Å². The van der Waals surface area contributed by atoms with Gasteiger partial charge < -0.3 is 5.73 Å². The number of hydrogen-bond donors (Lipinski definition) is 1. The quantitative estimate of drug-likeness (QED) is 0.736. The summed E-state index contributed by atoms with van der Waals surface area (Å²) in [6.07, 6.45) is 9.62. The van der Waals surface area contributed by atoms with Crippen molar-refractivity contribution in [2.24, 2.45) is 11.1 Å². The van der Waals surface area contributed by atoms with Gasteiger partial charge in [-0.1, -0.05) is 25.7 Å². The van der Waals surface area contributed by atoms with Gasteiger partial charge in [-0.15, -0.1) is 0 Å². The Morgan fingerprint density at radius 1 is 0.947 bits per heavy atom. The molecule has 2 amide bonds. The van der Waals surface area contributed by atoms with Gasteiger partial charge in [-0.05, 0) is 31.1 Å². The highest BCUT2D eigenvalue weighted by atomic mass is 16.2. The van der Waals surface area contributed by atoms with Gasteiger partial charge >= 0.3 is 0 Å². The molecule has 1 saturated heterocycles. The molecule has 4 nitrogen and oxygen atoms in total. The summed E-state index contributed by atoms with van der Waals surface area (Å²) in [5, 5.41) is 0. The van der Waals surface area contributed by atoms with Gasteiger partial charge in [-0.3, -0.25) is 14.5 Å². The summed E-state index contributed by atoms with van der Waals surface area (Å²) in [6, 6.07) is -0.0493. The number of nitrogens with zero attached hydrogens (tertiary/aromatic N) is 1. The standard InChI is InChI=1S/C15H24N2O2/c16-11-5-1-2-6-12(11)17-13(18)9-15(10-14(17)19)7-3-4-8-15/h11-12H,1-10,16H2/t11-,12-/m1/s1. The van der Waals surface area contributed by atoms with E-state index in [1.54, 1.807) is 0 Å². The van der Waals surface area contributed by atoms with E-state index in [9.17, 15) is 9.59 Å². The van der Waals surface area contributed by atoms with E-state index in [-0.39, 0.29) is 29.3 Å². The van der Waals surface area contributed by atoms with Crippen LogP contribution in [0.2, 0.25) is 0 Å². The lowest BCUT2D eigenvalue weighted by Crippen LogP contribution is -2.58. The Bertz CT molecular complexity index is 368. The van der Waals surface area contributed by atoms with Crippen LogP contribution in [-0.2, 0) is 9.59 Å². The molecule has 1 aliphatic heterocycles. The van der Waals surface area contributed by atoms with Crippen LogP contribution < -0.4 is 5.73 Å². The second-order valence-corrected chi connectivity index (χ2v) is 6.73. The number of hydrogen-bond acceptors (Lipinski definition) is 3. The van der Waals surface area contributed by atoms with Crippen LogP contribution in [0.25, 0.3) is 0 Å². The summed E-state index contributed by atoms with van der Waals surface area (Å²) >= 11 is 0. The van der Waals surface area contributed by atoms with Crippen LogP contribution in [0.3, 0.4) is 0 Å². The monoisotopic (exact) mass is 264 g/mol. The number of imide groups is 1. The minimum atomic E-state index is -0.0347. The third-order valence-electron chi connectivity index (χ3n) is 5.37. The van der Waals surface area contributed by atoms with Crippen molar-refractivity contribution < 1.29 is 9.59 Å². The first-order valence-corrected chi connectivity index (χ1v) is 7.72. The molecule has 19 heavy (non-hydrogen) atoms. The van der Waals surface area contributed by atoms with Gasteiger partial charge in [0, 0.05) is 18.9 Å². The zero-order valence-electron chi connectivity index (χ0n) is 11.6. The lowest BCUT2D eigenvalue weighted by molar-refractivity contribution is -0.157. The van der Waals surface area contributed by atoms with Crippen LogP contribution in [0.15, 0.2) is 0 Å². The van der Waals surface area contributed by atoms with Crippen molar-refractivity contribution in [3.8, 4) is 0 Å². The summed E-state index contributed by atoms with van der Waals surface area (Å²) in [4.78, 5) is 26.5. The normalized spacial score (nSPS) is 35.1. The minimum absolute atomic E-state index is 0.00340. The maximum atomic E-state index is 12.5. The van der Waals surface area contributed by atoms with Gasteiger partial charge in [0.25, 0.3) is 0 Å². The third-order valence-corrected chi connectivity index (χ3v) is 5.37. The van der Waals surface area contributed by atoms with Gasteiger partial charge in [-0.2, -0.15) is 0 Å². The number of rotatable bonds is 1. The first kappa shape index (κ1) is 13.1. The molecule has 0 aromatic heterocycles. The van der Waals surface area contributed by atoms with Crippen LogP contribution in [0.5, 0.6) is 0 Å². The maximum absolute atomic E-state index is 12.5. The summed E-state index contributed by atoms with van der Waals surface area (Å²) in [5.41, 5.74) is 6.14. The van der Waals surface area contributed by atoms with Gasteiger partial charge in [0.05, 0.1) is 6.04 Å². The second kappa shape index (κ2) is 4.89. The predicted octanol–water partition coefficient (Wildman–Crippen LogP) is 1.97. The van der Waals surface area contributed by atoms with Crippen molar-refractivity contribution in [1.29, 1.82) is 0 Å². The van der Waals surface area contributed by atoms with E-state index in [4.69, 9.17) is 5.73 Å². The maximum Gasteiger partial charge on any atom is 0.230 e. The molecular formula is C15H24N2O2. The van der Waals surface area contributed by atoms with E-state index in [0.717, 1.165) is 38.5 Å². The highest BCUT2D eigenvalue weighted by Gasteiger charge is 2.47. The topological polar surface area (TPSA) is 63.4 Å². The van der Waals surface area contributed by atoms with E-state index < -0.39 is 0 Å². The zero-order chi connectivity index (χ0) is 13.5. The molecule has 1 spiro atoms. The largest absolute Gasteiger partial charge is 0.326 e. The van der Waals surface area contributed by atoms with Crippen LogP contribution >= 0.6 is 0 Å². The van der Waals surface area contributed by atoms with Crippen molar-refractivity contribution in [2.75, 3.05) is 0 Å². The van der Waals surface area contributed by atoms with E-state index >= 15 is 0 Å². The Hall–Kier alpha value is -0.900. The smallest absolute Gasteiger partial charge is 0.230 e. The lowest BCUT2D eigenvalue weighted by Gasteiger charge is -2.43. The van der Waals surface area contributed by atoms with Gasteiger partial charge in [0.15, 0.2) is 0 Å². The molecule has 3 fully saturated rings. The number of nitrogens with two attached hydrogens (primary N) is 1. The Morgan fingerprint density at radius 2 is 1.53 bits per heavy atom. The highest BCUT2D eigenvalue weighted by molar-refractivity contribution is 5.99. The van der Waals surface area contributed by atoms with Crippen molar-refractivity contribution >= 4 is 11.8 Å². The minimum Gasteiger partial charge on any atom is -0.326 e. The molecule has 2 N–H and O–H groups in total. The second-order valence-electron chi connectivity index (χ2n) is 6.73. The molecule has 2 atom stereocenters. The van der Waals surface area contributed by atoms with Crippen molar-refractivity contribution in [3.63, 3.8) is 0 Å². The zero-order valence-corrected chi connectivity index (χ0v) is 11.6. The van der Waals surface area contributed by atoms with E-state index in [0.29, 0.717) is 12.8 Å². The molecule has 3 rings (SSSR count). The molecule has 0 aromatic rings. The average molecular weight is 264 g/mol. The number of carbonyl (C=O) groups excluding carboxylic acids is 2. The summed E-state index contributed by atoms with van der Waals surface area (Å²) < 4.78 is 0. The fourth-order valence-electron chi connectivity index (χ4n) is 4.32. The Kier molecular flexibility index (Phi) is 3.37. The molecule has 2 aliphatic carbocycles. The molecule has 2 saturated carbocycles. The number of likely N-dealkylation sites (tertiary alicyclic amines) is 1. The SMILES string of the molecule is N[C@@H]1CCCC[C@H]1N1C(=O)CC2(CCCC2)CC1=O. The molecule has 0 aromatic carbocycles. The summed E-state index contributed by atoms with van der Waals surface area (Å²) in [7, 11) is 0. The Morgan fingerprint density at radius 3 is 2.11 bits per heavy atom. The Labute approximate surface area is 114 Å². The van der Waals surface area contributed by atoms with Crippen molar-refractivity contribution in [2.45, 2.75) is 76.3 Å². The molecule has 3 aliphatic rings. The average Bonchev–Trinajstić information content (AvgIpc) is 2.78. The van der Waals surface area contributed by atoms with Gasteiger partial charge in [-0.25, -0.2) is 0 Å². The first-order chi connectivity index (χ1) is 9.11.